The molecule has 0 radical (unpaired) electrons. The summed E-state index contributed by atoms with van der Waals surface area (Å²) in [4.78, 5) is 19.8. The molecule has 6 nitrogen and oxygen atoms in total. The van der Waals surface area contributed by atoms with Crippen LogP contribution >= 0.6 is 11.6 Å². The number of rotatable bonds is 2. The Morgan fingerprint density at radius 2 is 1.89 bits per heavy atom. The van der Waals surface area contributed by atoms with Gasteiger partial charge in [-0.25, -0.2) is 4.79 Å². The Hall–Kier alpha value is -1.79. The van der Waals surface area contributed by atoms with Crippen molar-refractivity contribution in [2.45, 2.75) is 13.5 Å². The summed E-state index contributed by atoms with van der Waals surface area (Å²) in [6, 6.07) is 7.02. The van der Waals surface area contributed by atoms with Crippen LogP contribution in [0.4, 0.5) is 4.79 Å². The molecule has 0 unspecified atom stereocenters. The number of carbonyl (C=O) groups is 2. The lowest BCUT2D eigenvalue weighted by Gasteiger charge is -2.09. The minimum Gasteiger partial charge on any atom is -0.481 e. The predicted molar refractivity (Wildman–Crippen MR) is 64.5 cm³/mol. The van der Waals surface area contributed by atoms with Crippen molar-refractivity contribution < 1.29 is 24.6 Å². The lowest BCUT2D eigenvalue weighted by Crippen LogP contribution is -2.23. The highest BCUT2D eigenvalue weighted by molar-refractivity contribution is 6.31. The zero-order chi connectivity index (χ0) is 14.1. The number of nitrogens with zero attached hydrogens (tertiary/aromatic N) is 1. The second-order valence-corrected chi connectivity index (χ2v) is 3.60. The minimum atomic E-state index is -0.833. The molecule has 0 bridgehead atoms. The van der Waals surface area contributed by atoms with Gasteiger partial charge in [0.1, 0.15) is 6.61 Å². The molecule has 7 heteroatoms. The van der Waals surface area contributed by atoms with E-state index in [1.807, 2.05) is 0 Å². The molecule has 18 heavy (non-hydrogen) atoms. The Morgan fingerprint density at radius 1 is 1.39 bits per heavy atom. The number of ether oxygens (including phenoxy) is 1. The van der Waals surface area contributed by atoms with Crippen molar-refractivity contribution in [1.29, 1.82) is 0 Å². The van der Waals surface area contributed by atoms with E-state index in [1.165, 1.54) is 7.05 Å². The number of benzene rings is 1. The number of carbonyl (C=O) groups excluding carboxylic acids is 1. The van der Waals surface area contributed by atoms with Crippen LogP contribution in [-0.4, -0.2) is 34.5 Å². The fraction of sp³-hybridized carbons (Fsp3) is 0.273. The largest absolute Gasteiger partial charge is 0.481 e. The molecular formula is C11H14ClNO5. The average molecular weight is 276 g/mol. The van der Waals surface area contributed by atoms with Crippen LogP contribution in [0.1, 0.15) is 12.5 Å². The van der Waals surface area contributed by atoms with Gasteiger partial charge in [-0.1, -0.05) is 29.8 Å². The van der Waals surface area contributed by atoms with E-state index in [4.69, 9.17) is 31.4 Å². The van der Waals surface area contributed by atoms with E-state index in [1.54, 1.807) is 24.3 Å². The van der Waals surface area contributed by atoms with Crippen LogP contribution in [-0.2, 0) is 16.1 Å². The van der Waals surface area contributed by atoms with Crippen molar-refractivity contribution in [3.8, 4) is 0 Å². The molecule has 100 valence electrons. The Balaban J connectivity index is 0.000000631. The normalized spacial score (nSPS) is 8.89. The Bertz CT molecular complexity index is 404. The van der Waals surface area contributed by atoms with E-state index >= 15 is 0 Å². The van der Waals surface area contributed by atoms with Gasteiger partial charge >= 0.3 is 6.09 Å². The van der Waals surface area contributed by atoms with Gasteiger partial charge in [-0.3, -0.25) is 10.0 Å². The number of halogens is 1. The van der Waals surface area contributed by atoms with Gasteiger partial charge in [-0.05, 0) is 6.07 Å². The molecule has 0 saturated heterocycles. The standard InChI is InChI=1S/C9H10ClNO3.C2H4O2/c1-11(13)9(12)14-6-7-4-2-3-5-8(7)10;1-2(3)4/h2-5,13H,6H2,1H3;1H3,(H,3,4). The van der Waals surface area contributed by atoms with Crippen LogP contribution in [0, 0.1) is 0 Å². The Kier molecular flexibility index (Phi) is 7.50. The molecule has 0 aliphatic heterocycles. The zero-order valence-electron chi connectivity index (χ0n) is 9.96. The van der Waals surface area contributed by atoms with E-state index in [0.29, 0.717) is 15.6 Å². The van der Waals surface area contributed by atoms with E-state index < -0.39 is 12.1 Å². The third kappa shape index (κ3) is 7.48. The van der Waals surface area contributed by atoms with Crippen molar-refractivity contribution in [1.82, 2.24) is 5.06 Å². The lowest BCUT2D eigenvalue weighted by atomic mass is 10.2. The van der Waals surface area contributed by atoms with E-state index in [-0.39, 0.29) is 6.61 Å². The number of amides is 1. The zero-order valence-corrected chi connectivity index (χ0v) is 10.7. The molecule has 0 aromatic heterocycles. The number of hydrogen-bond donors (Lipinski definition) is 2. The molecule has 0 aliphatic carbocycles. The van der Waals surface area contributed by atoms with Crippen LogP contribution < -0.4 is 0 Å². The Morgan fingerprint density at radius 3 is 2.33 bits per heavy atom. The highest BCUT2D eigenvalue weighted by Crippen LogP contribution is 2.15. The molecule has 0 fully saturated rings. The summed E-state index contributed by atoms with van der Waals surface area (Å²) in [6.45, 7) is 1.13. The first-order valence-electron chi connectivity index (χ1n) is 4.87. The summed E-state index contributed by atoms with van der Waals surface area (Å²) >= 11 is 5.82. The van der Waals surface area contributed by atoms with Gasteiger partial charge in [-0.2, -0.15) is 5.06 Å². The minimum absolute atomic E-state index is 0.0450. The van der Waals surface area contributed by atoms with Gasteiger partial charge in [0.2, 0.25) is 0 Å². The second-order valence-electron chi connectivity index (χ2n) is 3.19. The monoisotopic (exact) mass is 275 g/mol. The van der Waals surface area contributed by atoms with E-state index in [2.05, 4.69) is 0 Å². The molecule has 1 rings (SSSR count). The van der Waals surface area contributed by atoms with E-state index in [9.17, 15) is 4.79 Å². The highest BCUT2D eigenvalue weighted by atomic mass is 35.5. The number of carboxylic acids is 1. The molecule has 1 aromatic rings. The van der Waals surface area contributed by atoms with Crippen LogP contribution in [0.25, 0.3) is 0 Å². The lowest BCUT2D eigenvalue weighted by molar-refractivity contribution is -0.134. The van der Waals surface area contributed by atoms with Crippen LogP contribution in [0.5, 0.6) is 0 Å². The highest BCUT2D eigenvalue weighted by Gasteiger charge is 2.07. The van der Waals surface area contributed by atoms with Crippen molar-refractivity contribution in [2.24, 2.45) is 0 Å². The molecule has 0 spiro atoms. The maximum atomic E-state index is 10.8. The van der Waals surface area contributed by atoms with Gasteiger partial charge in [0, 0.05) is 24.6 Å². The van der Waals surface area contributed by atoms with Gasteiger partial charge < -0.3 is 9.84 Å². The summed E-state index contributed by atoms with van der Waals surface area (Å²) < 4.78 is 4.72. The Labute approximate surface area is 109 Å². The maximum Gasteiger partial charge on any atom is 0.433 e. The number of aliphatic carboxylic acids is 1. The third-order valence-electron chi connectivity index (χ3n) is 1.57. The van der Waals surface area contributed by atoms with Crippen molar-refractivity contribution in [3.05, 3.63) is 34.9 Å². The summed E-state index contributed by atoms with van der Waals surface area (Å²) in [7, 11) is 1.19. The van der Waals surface area contributed by atoms with E-state index in [0.717, 1.165) is 6.92 Å². The van der Waals surface area contributed by atoms with Gasteiger partial charge in [0.15, 0.2) is 0 Å². The van der Waals surface area contributed by atoms with Crippen molar-refractivity contribution in [3.63, 3.8) is 0 Å². The second kappa shape index (κ2) is 8.32. The molecule has 0 atom stereocenters. The van der Waals surface area contributed by atoms with Crippen molar-refractivity contribution in [2.75, 3.05) is 7.05 Å². The molecular weight excluding hydrogens is 262 g/mol. The molecule has 2 N–H and O–H groups in total. The number of carboxylic acid groups (broad SMARTS) is 1. The summed E-state index contributed by atoms with van der Waals surface area (Å²) in [5.41, 5.74) is 0.698. The summed E-state index contributed by atoms with van der Waals surface area (Å²) in [5, 5.41) is 17.0. The van der Waals surface area contributed by atoms with Crippen molar-refractivity contribution >= 4 is 23.7 Å². The predicted octanol–water partition coefficient (Wildman–Crippen LogP) is 2.39. The van der Waals surface area contributed by atoms with Gasteiger partial charge in [0.05, 0.1) is 0 Å². The van der Waals surface area contributed by atoms with Crippen LogP contribution in [0.15, 0.2) is 24.3 Å². The van der Waals surface area contributed by atoms with Gasteiger partial charge in [0.25, 0.3) is 5.97 Å². The first-order chi connectivity index (χ1) is 8.34. The van der Waals surface area contributed by atoms with Crippen LogP contribution in [0.3, 0.4) is 0 Å². The first-order valence-corrected chi connectivity index (χ1v) is 5.24. The third-order valence-corrected chi connectivity index (χ3v) is 1.94. The number of hydrogen-bond acceptors (Lipinski definition) is 4. The molecule has 1 amide bonds. The fourth-order valence-electron chi connectivity index (χ4n) is 0.848. The average Bonchev–Trinajstić information content (AvgIpc) is 2.26. The quantitative estimate of drug-likeness (QED) is 0.639. The smallest absolute Gasteiger partial charge is 0.433 e. The van der Waals surface area contributed by atoms with Gasteiger partial charge in [-0.15, -0.1) is 0 Å². The molecule has 0 aliphatic rings. The maximum absolute atomic E-state index is 10.8. The summed E-state index contributed by atoms with van der Waals surface area (Å²) in [5.74, 6) is -0.833. The first kappa shape index (κ1) is 16.2. The molecule has 0 saturated carbocycles. The summed E-state index contributed by atoms with van der Waals surface area (Å²) in [6.07, 6.45) is -0.815. The SMILES string of the molecule is CC(=O)O.CN(O)C(=O)OCc1ccccc1Cl. The molecule has 0 heterocycles. The topological polar surface area (TPSA) is 87.1 Å². The van der Waals surface area contributed by atoms with Crippen LogP contribution in [0.2, 0.25) is 5.02 Å². The molecule has 1 aromatic carbocycles. The fourth-order valence-corrected chi connectivity index (χ4v) is 1.04. The number of hydroxylamine groups is 2.